The molecule has 0 aromatic carbocycles. The molecule has 80 valence electrons. The molecule has 0 aliphatic rings. The molecule has 6 heteroatoms. The third-order valence-corrected chi connectivity index (χ3v) is 1.60. The number of ether oxygens (including phenoxy) is 1. The molecule has 0 N–H and O–H groups in total. The van der Waals surface area contributed by atoms with Gasteiger partial charge in [0.2, 0.25) is 0 Å². The number of carbonyl (C=O) groups excluding carboxylic acids is 1. The molecule has 0 spiro atoms. The Morgan fingerprint density at radius 1 is 1.50 bits per heavy atom. The van der Waals surface area contributed by atoms with Crippen LogP contribution in [0.4, 0.5) is 0 Å². The molecule has 5 nitrogen and oxygen atoms in total. The van der Waals surface area contributed by atoms with Crippen molar-refractivity contribution >= 4 is 21.7 Å². The van der Waals surface area contributed by atoms with Gasteiger partial charge in [0.05, 0.1) is 12.9 Å². The van der Waals surface area contributed by atoms with Crippen LogP contribution < -0.4 is 0 Å². The van der Waals surface area contributed by atoms with Gasteiger partial charge in [0, 0.05) is 0 Å². The topological polar surface area (TPSA) is 72.8 Å². The van der Waals surface area contributed by atoms with Crippen molar-refractivity contribution < 1.29 is 17.9 Å². The molecule has 0 bridgehead atoms. The van der Waals surface area contributed by atoms with Gasteiger partial charge in [0.25, 0.3) is 10.0 Å². The van der Waals surface area contributed by atoms with Gasteiger partial charge < -0.3 is 4.74 Å². The number of hydrogen-bond acceptors (Lipinski definition) is 4. The van der Waals surface area contributed by atoms with Gasteiger partial charge in [-0.1, -0.05) is 6.08 Å². The monoisotopic (exact) mass is 219 g/mol. The van der Waals surface area contributed by atoms with Gasteiger partial charge >= 0.3 is 5.97 Å². The number of sulfonamides is 1. The Bertz CT molecular complexity index is 354. The van der Waals surface area contributed by atoms with E-state index in [1.807, 2.05) is 0 Å². The van der Waals surface area contributed by atoms with Gasteiger partial charge in [-0.05, 0) is 19.9 Å². The lowest BCUT2D eigenvalue weighted by Gasteiger charge is -2.00. The van der Waals surface area contributed by atoms with Gasteiger partial charge in [-0.2, -0.15) is 4.40 Å². The maximum atomic E-state index is 11.1. The second-order valence-electron chi connectivity index (χ2n) is 2.43. The highest BCUT2D eigenvalue weighted by molar-refractivity contribution is 7.89. The normalized spacial score (nSPS) is 13.2. The van der Waals surface area contributed by atoms with E-state index in [0.717, 1.165) is 6.26 Å². The largest absolute Gasteiger partial charge is 0.461 e. The number of esters is 1. The van der Waals surface area contributed by atoms with Crippen LogP contribution in [-0.4, -0.2) is 33.0 Å². The fraction of sp³-hybridized carbons (Fsp3) is 0.500. The summed E-state index contributed by atoms with van der Waals surface area (Å²) in [5.74, 6) is -0.740. The quantitative estimate of drug-likeness (QED) is 0.510. The fourth-order valence-electron chi connectivity index (χ4n) is 0.677. The van der Waals surface area contributed by atoms with Crippen LogP contribution in [0.5, 0.6) is 0 Å². The zero-order chi connectivity index (χ0) is 11.2. The summed E-state index contributed by atoms with van der Waals surface area (Å²) >= 11 is 0. The number of hydrogen-bond donors (Lipinski definition) is 0. The van der Waals surface area contributed by atoms with E-state index in [1.54, 1.807) is 13.8 Å². The molecule has 0 heterocycles. The summed E-state index contributed by atoms with van der Waals surface area (Å²) in [5.41, 5.74) is -0.211. The maximum absolute atomic E-state index is 11.1. The predicted octanol–water partition coefficient (Wildman–Crippen LogP) is 0.526. The Kier molecular flexibility index (Phi) is 5.07. The van der Waals surface area contributed by atoms with Gasteiger partial charge in [-0.15, -0.1) is 0 Å². The minimum absolute atomic E-state index is 0.180. The maximum Gasteiger partial charge on any atom is 0.357 e. The zero-order valence-electron chi connectivity index (χ0n) is 8.35. The van der Waals surface area contributed by atoms with E-state index in [2.05, 4.69) is 9.13 Å². The average molecular weight is 219 g/mol. The number of allylic oxidation sites excluding steroid dienone is 1. The van der Waals surface area contributed by atoms with Crippen molar-refractivity contribution in [3.05, 3.63) is 12.2 Å². The van der Waals surface area contributed by atoms with Crippen molar-refractivity contribution in [1.29, 1.82) is 0 Å². The lowest BCUT2D eigenvalue weighted by atomic mass is 10.3. The second-order valence-corrected chi connectivity index (χ2v) is 4.08. The lowest BCUT2D eigenvalue weighted by molar-refractivity contribution is -0.134. The molecule has 0 radical (unpaired) electrons. The van der Waals surface area contributed by atoms with E-state index in [9.17, 15) is 13.2 Å². The highest BCUT2D eigenvalue weighted by Gasteiger charge is 2.11. The molecule has 0 saturated carbocycles. The summed E-state index contributed by atoms with van der Waals surface area (Å²) in [6.07, 6.45) is 3.72. The molecule has 0 fully saturated rings. The van der Waals surface area contributed by atoms with Crippen molar-refractivity contribution in [3.63, 3.8) is 0 Å². The van der Waals surface area contributed by atoms with E-state index < -0.39 is 16.0 Å². The molecule has 0 rings (SSSR count). The number of carbonyl (C=O) groups is 1. The summed E-state index contributed by atoms with van der Waals surface area (Å²) < 4.78 is 29.5. The first-order valence-corrected chi connectivity index (χ1v) is 5.85. The summed E-state index contributed by atoms with van der Waals surface area (Å²) in [6, 6.07) is 0. The Balaban J connectivity index is 4.96. The average Bonchev–Trinajstić information content (AvgIpc) is 2.01. The van der Waals surface area contributed by atoms with Crippen LogP contribution >= 0.6 is 0 Å². The minimum atomic E-state index is -3.57. The Hall–Kier alpha value is -1.17. The molecule has 0 atom stereocenters. The third-order valence-electron chi connectivity index (χ3n) is 1.07. The lowest BCUT2D eigenvalue weighted by Crippen LogP contribution is -2.16. The molecule has 0 aromatic rings. The minimum Gasteiger partial charge on any atom is -0.461 e. The van der Waals surface area contributed by atoms with E-state index in [-0.39, 0.29) is 12.3 Å². The first-order chi connectivity index (χ1) is 6.40. The predicted molar refractivity (Wildman–Crippen MR) is 53.7 cm³/mol. The molecule has 0 unspecified atom stereocenters. The summed E-state index contributed by atoms with van der Waals surface area (Å²) in [4.78, 5) is 11.1. The molecule has 14 heavy (non-hydrogen) atoms. The standard InChI is InChI=1S/C8H13NO4S/c1-4-6-7(8(10)13-5-2)9-14(3,11)12/h4,6H,5H2,1-3H3/b6-4+,9-7-. The van der Waals surface area contributed by atoms with Crippen molar-refractivity contribution in [1.82, 2.24) is 0 Å². The van der Waals surface area contributed by atoms with Crippen LogP contribution in [0, 0.1) is 0 Å². The van der Waals surface area contributed by atoms with E-state index >= 15 is 0 Å². The molecule has 0 aliphatic heterocycles. The fourth-order valence-corrected chi connectivity index (χ4v) is 1.17. The zero-order valence-corrected chi connectivity index (χ0v) is 9.17. The first kappa shape index (κ1) is 12.8. The number of nitrogens with zero attached hydrogens (tertiary/aromatic N) is 1. The van der Waals surface area contributed by atoms with Gasteiger partial charge in [0.15, 0.2) is 5.71 Å². The third kappa shape index (κ3) is 5.47. The SMILES string of the molecule is C/C=C/C(=N/S(C)(=O)=O)C(=O)OCC. The van der Waals surface area contributed by atoms with Crippen LogP contribution in [0.2, 0.25) is 0 Å². The van der Waals surface area contributed by atoms with Crippen LogP contribution in [0.3, 0.4) is 0 Å². The smallest absolute Gasteiger partial charge is 0.357 e. The summed E-state index contributed by atoms with van der Waals surface area (Å²) in [7, 11) is -3.57. The van der Waals surface area contributed by atoms with Crippen LogP contribution in [0.25, 0.3) is 0 Å². The van der Waals surface area contributed by atoms with E-state index in [1.165, 1.54) is 12.2 Å². The van der Waals surface area contributed by atoms with E-state index in [4.69, 9.17) is 0 Å². The molecular formula is C8H13NO4S. The summed E-state index contributed by atoms with van der Waals surface area (Å²) in [6.45, 7) is 3.46. The number of rotatable bonds is 4. The highest BCUT2D eigenvalue weighted by atomic mass is 32.2. The Morgan fingerprint density at radius 2 is 2.07 bits per heavy atom. The molecule has 0 aromatic heterocycles. The van der Waals surface area contributed by atoms with Crippen molar-refractivity contribution in [2.45, 2.75) is 13.8 Å². The van der Waals surface area contributed by atoms with Crippen LogP contribution in [0.1, 0.15) is 13.8 Å². The first-order valence-electron chi connectivity index (χ1n) is 4.00. The molecule has 0 aliphatic carbocycles. The van der Waals surface area contributed by atoms with Gasteiger partial charge in [-0.25, -0.2) is 13.2 Å². The second kappa shape index (κ2) is 5.54. The molecule has 0 saturated heterocycles. The van der Waals surface area contributed by atoms with Crippen LogP contribution in [-0.2, 0) is 19.6 Å². The van der Waals surface area contributed by atoms with Crippen LogP contribution in [0.15, 0.2) is 16.5 Å². The van der Waals surface area contributed by atoms with E-state index in [0.29, 0.717) is 0 Å². The Labute approximate surface area is 83.5 Å². The van der Waals surface area contributed by atoms with Gasteiger partial charge in [-0.3, -0.25) is 0 Å². The molecule has 0 amide bonds. The van der Waals surface area contributed by atoms with Crippen molar-refractivity contribution in [2.75, 3.05) is 12.9 Å². The Morgan fingerprint density at radius 3 is 2.43 bits per heavy atom. The van der Waals surface area contributed by atoms with Crippen molar-refractivity contribution in [3.8, 4) is 0 Å². The molecular weight excluding hydrogens is 206 g/mol. The van der Waals surface area contributed by atoms with Gasteiger partial charge in [0.1, 0.15) is 0 Å². The highest BCUT2D eigenvalue weighted by Crippen LogP contribution is 1.94. The van der Waals surface area contributed by atoms with Crippen molar-refractivity contribution in [2.24, 2.45) is 4.40 Å². The summed E-state index contributed by atoms with van der Waals surface area (Å²) in [5, 5.41) is 0.